The molecule has 12 nitrogen and oxygen atoms in total. The van der Waals surface area contributed by atoms with Crippen LogP contribution in [0.1, 0.15) is 26.5 Å². The Labute approximate surface area is 214 Å². The first-order valence-corrected chi connectivity index (χ1v) is 11.6. The van der Waals surface area contributed by atoms with Gasteiger partial charge in [-0.1, -0.05) is 5.16 Å². The van der Waals surface area contributed by atoms with Crippen LogP contribution >= 0.6 is 40.1 Å². The lowest BCUT2D eigenvalue weighted by Crippen LogP contribution is -2.70. The van der Waals surface area contributed by atoms with Crippen molar-refractivity contribution < 1.29 is 33.5 Å². The Hall–Kier alpha value is -2.65. The van der Waals surface area contributed by atoms with Gasteiger partial charge in [-0.25, -0.2) is 9.78 Å². The van der Waals surface area contributed by atoms with E-state index < -0.39 is 47.4 Å². The number of fused-ring (bicyclic) bond motifs is 1. The van der Waals surface area contributed by atoms with Gasteiger partial charge in [0.05, 0.1) is 5.41 Å². The Balaban J connectivity index is 0.00000408. The molecule has 1 aromatic heterocycles. The number of thioether (sulfide) groups is 1. The van der Waals surface area contributed by atoms with E-state index in [1.54, 1.807) is 32.2 Å². The van der Waals surface area contributed by atoms with Gasteiger partial charge < -0.3 is 25.4 Å². The van der Waals surface area contributed by atoms with Crippen molar-refractivity contribution in [3.05, 3.63) is 22.8 Å². The first-order valence-electron chi connectivity index (χ1n) is 9.67. The van der Waals surface area contributed by atoms with Gasteiger partial charge >= 0.3 is 11.9 Å². The summed E-state index contributed by atoms with van der Waals surface area (Å²) in [5.74, 6) is -2.09. The average Bonchev–Trinajstić information content (AvgIpc) is 3.19. The Morgan fingerprint density at radius 2 is 2.03 bits per heavy atom. The summed E-state index contributed by atoms with van der Waals surface area (Å²) >= 11 is 2.49. The molecule has 3 rings (SSSR count). The highest BCUT2D eigenvalue weighted by atomic mass is 79.9. The number of nitrogens with one attached hydrogen (secondary N) is 1. The van der Waals surface area contributed by atoms with E-state index in [-0.39, 0.29) is 39.2 Å². The molecule has 0 radical (unpaired) electrons. The summed E-state index contributed by atoms with van der Waals surface area (Å²) in [6, 6.07) is -0.893. The molecule has 15 heteroatoms. The number of carbonyl (C=O) groups is 4. The first-order chi connectivity index (χ1) is 15.5. The maximum absolute atomic E-state index is 12.7. The van der Waals surface area contributed by atoms with Crippen molar-refractivity contribution in [1.82, 2.24) is 15.2 Å². The van der Waals surface area contributed by atoms with E-state index in [1.165, 1.54) is 23.8 Å². The Morgan fingerprint density at radius 1 is 1.32 bits per heavy atom. The minimum Gasteiger partial charge on any atom is -0.427 e. The molecule has 0 saturated carbocycles. The molecular formula is C19H24BrN5O7S2. The minimum absolute atomic E-state index is 0. The molecule has 0 unspecified atom stereocenters. The van der Waals surface area contributed by atoms with Gasteiger partial charge in [-0.05, 0) is 26.8 Å². The number of nitrogens with two attached hydrogens (primary N) is 1. The molecule has 34 heavy (non-hydrogen) atoms. The molecule has 1 saturated heterocycles. The summed E-state index contributed by atoms with van der Waals surface area (Å²) in [7, 11) is 1.28. The van der Waals surface area contributed by atoms with Gasteiger partial charge in [-0.3, -0.25) is 19.3 Å². The Bertz CT molecular complexity index is 1040. The monoisotopic (exact) mass is 577 g/mol. The number of aromatic nitrogens is 1. The van der Waals surface area contributed by atoms with Crippen molar-refractivity contribution in [3.63, 3.8) is 0 Å². The summed E-state index contributed by atoms with van der Waals surface area (Å²) in [4.78, 5) is 59.7. The van der Waals surface area contributed by atoms with Crippen molar-refractivity contribution in [2.45, 2.75) is 32.2 Å². The van der Waals surface area contributed by atoms with Crippen LogP contribution in [0.2, 0.25) is 0 Å². The molecule has 0 aromatic carbocycles. The lowest BCUT2D eigenvalue weighted by Gasteiger charge is -2.48. The van der Waals surface area contributed by atoms with Crippen LogP contribution in [0.5, 0.6) is 0 Å². The summed E-state index contributed by atoms with van der Waals surface area (Å²) < 4.78 is 9.93. The average molecular weight is 578 g/mol. The standard InChI is InChI=1S/C19H23N5O7S2.BrH/c1-19(2,3)17(28)31-8-30-16(27)10-5-6-32-15-12(14(26)24(10)15)22-13(25)11(23-29-4)9-7-33-18(20)21-9;/h5,7,12,15H,6,8H2,1-4H3,(H2,20,21)(H,22,25);1H/b23-11-;/t12-,15-;/m1./s1. The number of rotatable bonds is 7. The highest BCUT2D eigenvalue weighted by Crippen LogP contribution is 2.37. The SMILES string of the molecule is Br.CO/N=C(\C(=O)N[C@@H]1C(=O)N2C(C(=O)OCOC(=O)C(C)(C)C)=CCS[C@H]12)c1csc(N)n1. The molecular weight excluding hydrogens is 554 g/mol. The number of anilines is 1. The van der Waals surface area contributed by atoms with Gasteiger partial charge in [0.25, 0.3) is 11.8 Å². The van der Waals surface area contributed by atoms with Gasteiger partial charge in [0.15, 0.2) is 10.8 Å². The molecule has 1 aromatic rings. The third-order valence-electron chi connectivity index (χ3n) is 4.50. The third-order valence-corrected chi connectivity index (χ3v) is 6.35. The lowest BCUT2D eigenvalue weighted by molar-refractivity contribution is -0.173. The fourth-order valence-electron chi connectivity index (χ4n) is 2.86. The number of hydrogen-bond donors (Lipinski definition) is 2. The van der Waals surface area contributed by atoms with Crippen LogP contribution in [-0.4, -0.2) is 70.4 Å². The van der Waals surface area contributed by atoms with E-state index in [1.807, 2.05) is 0 Å². The fraction of sp³-hybridized carbons (Fsp3) is 0.474. The highest BCUT2D eigenvalue weighted by Gasteiger charge is 2.53. The van der Waals surface area contributed by atoms with E-state index in [2.05, 4.69) is 15.5 Å². The smallest absolute Gasteiger partial charge is 0.357 e. The second-order valence-corrected chi connectivity index (χ2v) is 9.94. The molecule has 1 fully saturated rings. The molecule has 0 spiro atoms. The largest absolute Gasteiger partial charge is 0.427 e. The quantitative estimate of drug-likeness (QED) is 0.157. The maximum Gasteiger partial charge on any atom is 0.357 e. The fourth-order valence-corrected chi connectivity index (χ4v) is 4.60. The van der Waals surface area contributed by atoms with Crippen LogP contribution in [-0.2, 0) is 33.5 Å². The number of nitrogens with zero attached hydrogens (tertiary/aromatic N) is 3. The van der Waals surface area contributed by atoms with Crippen LogP contribution in [0, 0.1) is 5.41 Å². The van der Waals surface area contributed by atoms with Crippen LogP contribution < -0.4 is 11.1 Å². The molecule has 3 heterocycles. The van der Waals surface area contributed by atoms with Crippen LogP contribution in [0.25, 0.3) is 0 Å². The summed E-state index contributed by atoms with van der Waals surface area (Å²) in [5.41, 5.74) is 4.98. The number of halogens is 1. The Morgan fingerprint density at radius 3 is 2.62 bits per heavy atom. The second kappa shape index (κ2) is 11.2. The minimum atomic E-state index is -0.893. The van der Waals surface area contributed by atoms with Crippen LogP contribution in [0.15, 0.2) is 22.3 Å². The molecule has 2 aliphatic heterocycles. The predicted octanol–water partition coefficient (Wildman–Crippen LogP) is 1.03. The normalized spacial score (nSPS) is 19.6. The zero-order chi connectivity index (χ0) is 24.3. The van der Waals surface area contributed by atoms with E-state index >= 15 is 0 Å². The lowest BCUT2D eigenvalue weighted by atomic mass is 9.98. The number of oxime groups is 1. The van der Waals surface area contributed by atoms with Crippen molar-refractivity contribution in [3.8, 4) is 0 Å². The summed E-state index contributed by atoms with van der Waals surface area (Å²) in [6.45, 7) is 4.44. The van der Waals surface area contributed by atoms with Crippen molar-refractivity contribution in [2.75, 3.05) is 25.4 Å². The number of carbonyl (C=O) groups excluding carboxylic acids is 4. The molecule has 2 amide bonds. The van der Waals surface area contributed by atoms with Crippen LogP contribution in [0.3, 0.4) is 0 Å². The number of ether oxygens (including phenoxy) is 2. The van der Waals surface area contributed by atoms with Gasteiger partial charge in [0, 0.05) is 11.1 Å². The topological polar surface area (TPSA) is 163 Å². The van der Waals surface area contributed by atoms with Crippen molar-refractivity contribution >= 4 is 74.7 Å². The van der Waals surface area contributed by atoms with Gasteiger partial charge in [-0.15, -0.1) is 40.1 Å². The predicted molar refractivity (Wildman–Crippen MR) is 130 cm³/mol. The van der Waals surface area contributed by atoms with E-state index in [4.69, 9.17) is 20.0 Å². The van der Waals surface area contributed by atoms with Gasteiger partial charge in [0.1, 0.15) is 29.9 Å². The number of esters is 2. The van der Waals surface area contributed by atoms with Crippen molar-refractivity contribution in [2.24, 2.45) is 10.6 Å². The molecule has 0 aliphatic carbocycles. The second-order valence-electron chi connectivity index (χ2n) is 7.90. The maximum atomic E-state index is 12.7. The van der Waals surface area contributed by atoms with E-state index in [0.29, 0.717) is 5.75 Å². The summed E-state index contributed by atoms with van der Waals surface area (Å²) in [5, 5.41) is 7.57. The van der Waals surface area contributed by atoms with Gasteiger partial charge in [-0.2, -0.15) is 0 Å². The number of thiazole rings is 1. The van der Waals surface area contributed by atoms with E-state index in [0.717, 1.165) is 11.3 Å². The number of β-lactam (4-membered cyclic amide) rings is 1. The van der Waals surface area contributed by atoms with Gasteiger partial charge in [0.2, 0.25) is 6.79 Å². The highest BCUT2D eigenvalue weighted by molar-refractivity contribution is 8.93. The number of amides is 2. The molecule has 2 aliphatic rings. The molecule has 0 bridgehead atoms. The Kier molecular flexibility index (Phi) is 9.08. The third kappa shape index (κ3) is 5.88. The zero-order valence-corrected chi connectivity index (χ0v) is 22.1. The number of nitrogen functional groups attached to an aromatic ring is 1. The number of hydrogen-bond acceptors (Lipinski definition) is 12. The molecule has 3 N–H and O–H groups in total. The zero-order valence-electron chi connectivity index (χ0n) is 18.7. The van der Waals surface area contributed by atoms with E-state index in [9.17, 15) is 19.2 Å². The van der Waals surface area contributed by atoms with Crippen LogP contribution in [0.4, 0.5) is 5.13 Å². The molecule has 186 valence electrons. The molecule has 2 atom stereocenters. The first kappa shape index (κ1) is 27.6. The van der Waals surface area contributed by atoms with Crippen molar-refractivity contribution in [1.29, 1.82) is 0 Å². The summed E-state index contributed by atoms with van der Waals surface area (Å²) in [6.07, 6.45) is 1.54.